The number of benzene rings is 1. The molecule has 35 heavy (non-hydrogen) atoms. The Labute approximate surface area is 204 Å². The quantitative estimate of drug-likeness (QED) is 0.383. The van der Waals surface area contributed by atoms with Gasteiger partial charge in [0, 0.05) is 29.1 Å². The third-order valence-corrected chi connectivity index (χ3v) is 8.63. The van der Waals surface area contributed by atoms with E-state index in [1.54, 1.807) is 7.11 Å². The molecule has 4 aliphatic carbocycles. The third kappa shape index (κ3) is 3.27. The summed E-state index contributed by atoms with van der Waals surface area (Å²) >= 11 is 0. The summed E-state index contributed by atoms with van der Waals surface area (Å²) in [5, 5.41) is 8.21. The van der Waals surface area contributed by atoms with E-state index in [1.807, 2.05) is 32.4 Å². The second-order valence-corrected chi connectivity index (χ2v) is 11.1. The number of ether oxygens (including phenoxy) is 1. The van der Waals surface area contributed by atoms with E-state index in [1.165, 1.54) is 38.5 Å². The molecular weight excluding hydrogens is 438 g/mol. The van der Waals surface area contributed by atoms with Gasteiger partial charge in [0.2, 0.25) is 0 Å². The number of fused-ring (bicyclic) bond motifs is 1. The lowest BCUT2D eigenvalue weighted by Gasteiger charge is -2.57. The molecule has 0 saturated heterocycles. The van der Waals surface area contributed by atoms with E-state index in [0.29, 0.717) is 0 Å². The van der Waals surface area contributed by atoms with Crippen molar-refractivity contribution in [2.45, 2.75) is 57.9 Å². The van der Waals surface area contributed by atoms with Crippen molar-refractivity contribution < 1.29 is 9.26 Å². The average molecular weight is 470 g/mol. The fourth-order valence-electron chi connectivity index (χ4n) is 7.67. The molecule has 3 aromatic heterocycles. The predicted molar refractivity (Wildman–Crippen MR) is 134 cm³/mol. The predicted octanol–water partition coefficient (Wildman–Crippen LogP) is 6.06. The number of hydrogen-bond acceptors (Lipinski definition) is 6. The Morgan fingerprint density at radius 3 is 2.49 bits per heavy atom. The molecule has 0 amide bonds. The highest BCUT2D eigenvalue weighted by Gasteiger charge is 2.51. The molecule has 0 aliphatic heterocycles. The zero-order chi connectivity index (χ0) is 23.7. The van der Waals surface area contributed by atoms with Crippen LogP contribution in [0.5, 0.6) is 5.75 Å². The third-order valence-electron chi connectivity index (χ3n) is 8.63. The minimum Gasteiger partial charge on any atom is -0.496 e. The Balaban J connectivity index is 1.35. The molecule has 3 heterocycles. The first kappa shape index (κ1) is 21.0. The van der Waals surface area contributed by atoms with Gasteiger partial charge in [-0.1, -0.05) is 11.2 Å². The zero-order valence-electron chi connectivity index (χ0n) is 20.5. The van der Waals surface area contributed by atoms with E-state index in [4.69, 9.17) is 14.2 Å². The number of anilines is 1. The molecular formula is C28H31N5O2. The van der Waals surface area contributed by atoms with Gasteiger partial charge in [-0.05, 0) is 87.8 Å². The highest BCUT2D eigenvalue weighted by molar-refractivity contribution is 5.83. The lowest BCUT2D eigenvalue weighted by Crippen LogP contribution is -2.55. The van der Waals surface area contributed by atoms with Gasteiger partial charge in [0.05, 0.1) is 19.0 Å². The molecule has 7 nitrogen and oxygen atoms in total. The zero-order valence-corrected chi connectivity index (χ0v) is 20.5. The Morgan fingerprint density at radius 2 is 1.83 bits per heavy atom. The Bertz CT molecular complexity index is 1380. The molecule has 4 aliphatic rings. The monoisotopic (exact) mass is 469 g/mol. The van der Waals surface area contributed by atoms with E-state index < -0.39 is 0 Å². The number of nitrogens with zero attached hydrogens (tertiary/aromatic N) is 4. The molecule has 4 aromatic rings. The summed E-state index contributed by atoms with van der Waals surface area (Å²) in [6.07, 6.45) is 13.7. The van der Waals surface area contributed by atoms with Gasteiger partial charge in [-0.25, -0.2) is 4.98 Å². The van der Waals surface area contributed by atoms with Gasteiger partial charge < -0.3 is 14.6 Å². The van der Waals surface area contributed by atoms with Crippen molar-refractivity contribution in [3.63, 3.8) is 0 Å². The van der Waals surface area contributed by atoms with Crippen molar-refractivity contribution in [2.75, 3.05) is 12.4 Å². The molecule has 1 N–H and O–H groups in total. The molecule has 0 radical (unpaired) electrons. The second-order valence-electron chi connectivity index (χ2n) is 11.1. The highest BCUT2D eigenvalue weighted by atomic mass is 16.5. The molecule has 4 fully saturated rings. The van der Waals surface area contributed by atoms with Crippen LogP contribution in [0.25, 0.3) is 28.0 Å². The maximum absolute atomic E-state index is 5.92. The van der Waals surface area contributed by atoms with Gasteiger partial charge in [-0.15, -0.1) is 0 Å². The summed E-state index contributed by atoms with van der Waals surface area (Å²) in [5.41, 5.74) is 5.80. The number of methoxy groups -OCH3 is 1. The van der Waals surface area contributed by atoms with Crippen molar-refractivity contribution in [1.82, 2.24) is 19.5 Å². The van der Waals surface area contributed by atoms with Crippen LogP contribution in [0.2, 0.25) is 0 Å². The van der Waals surface area contributed by atoms with Crippen LogP contribution in [0.3, 0.4) is 0 Å². The minimum absolute atomic E-state index is 0.159. The fourth-order valence-corrected chi connectivity index (χ4v) is 7.67. The molecule has 180 valence electrons. The van der Waals surface area contributed by atoms with E-state index in [-0.39, 0.29) is 5.54 Å². The number of rotatable bonds is 5. The normalized spacial score (nSPS) is 27.0. The number of aromatic nitrogens is 4. The average Bonchev–Trinajstić information content (AvgIpc) is 3.36. The Kier molecular flexibility index (Phi) is 4.54. The van der Waals surface area contributed by atoms with Crippen LogP contribution in [0.4, 0.5) is 5.82 Å². The van der Waals surface area contributed by atoms with Gasteiger partial charge in [0.25, 0.3) is 0 Å². The molecule has 8 rings (SSSR count). The van der Waals surface area contributed by atoms with Crippen molar-refractivity contribution in [3.05, 3.63) is 48.2 Å². The summed E-state index contributed by atoms with van der Waals surface area (Å²) in [7, 11) is 1.72. The number of hydrogen-bond donors (Lipinski definition) is 1. The summed E-state index contributed by atoms with van der Waals surface area (Å²) in [4.78, 5) is 9.38. The van der Waals surface area contributed by atoms with Gasteiger partial charge in [0.15, 0.2) is 5.65 Å². The van der Waals surface area contributed by atoms with Crippen molar-refractivity contribution >= 4 is 11.5 Å². The van der Waals surface area contributed by atoms with Crippen LogP contribution in [0.1, 0.15) is 50.0 Å². The molecule has 4 saturated carbocycles. The van der Waals surface area contributed by atoms with Crippen LogP contribution in [-0.2, 0) is 0 Å². The van der Waals surface area contributed by atoms with Crippen molar-refractivity contribution in [2.24, 2.45) is 17.8 Å². The van der Waals surface area contributed by atoms with Crippen LogP contribution in [0, 0.1) is 31.6 Å². The number of nitrogens with one attached hydrogen (secondary N) is 1. The van der Waals surface area contributed by atoms with Gasteiger partial charge >= 0.3 is 0 Å². The SMILES string of the molecule is COc1cc(-c2c(C)noc2C)ccc1-c1nc2cnccn2c1NC12CC3CC(CC(C3)C1)C2. The van der Waals surface area contributed by atoms with E-state index >= 15 is 0 Å². The highest BCUT2D eigenvalue weighted by Crippen LogP contribution is 2.57. The van der Waals surface area contributed by atoms with E-state index in [9.17, 15) is 0 Å². The van der Waals surface area contributed by atoms with E-state index in [2.05, 4.69) is 38.1 Å². The molecule has 0 atom stereocenters. The standard InChI is InChI=1S/C28H31N5O2/c1-16-25(17(2)35-32-16)21-4-5-22(23(11-21)34-3)26-27(33-7-6-29-15-24(33)30-26)31-28-12-18-8-19(13-28)10-20(9-18)14-28/h4-7,11,15,18-20,31H,8-10,12-14H2,1-3H3. The van der Waals surface area contributed by atoms with Gasteiger partial charge in [-0.2, -0.15) is 0 Å². The lowest BCUT2D eigenvalue weighted by atomic mass is 9.53. The van der Waals surface area contributed by atoms with Gasteiger partial charge in [0.1, 0.15) is 23.0 Å². The molecule has 0 unspecified atom stereocenters. The fraction of sp³-hybridized carbons (Fsp3) is 0.464. The second kappa shape index (κ2) is 7.57. The van der Waals surface area contributed by atoms with Crippen LogP contribution in [-0.4, -0.2) is 32.2 Å². The maximum Gasteiger partial charge on any atom is 0.157 e. The lowest BCUT2D eigenvalue weighted by molar-refractivity contribution is 0.0105. The first-order chi connectivity index (χ1) is 17.0. The maximum atomic E-state index is 5.92. The summed E-state index contributed by atoms with van der Waals surface area (Å²) < 4.78 is 13.5. The number of aryl methyl sites for hydroxylation is 2. The van der Waals surface area contributed by atoms with Crippen LogP contribution in [0.15, 0.2) is 41.3 Å². The van der Waals surface area contributed by atoms with Crippen molar-refractivity contribution in [3.8, 4) is 28.1 Å². The van der Waals surface area contributed by atoms with Crippen molar-refractivity contribution in [1.29, 1.82) is 0 Å². The molecule has 1 aromatic carbocycles. The Hall–Kier alpha value is -3.35. The van der Waals surface area contributed by atoms with E-state index in [0.717, 1.165) is 68.8 Å². The largest absolute Gasteiger partial charge is 0.496 e. The minimum atomic E-state index is 0.159. The van der Waals surface area contributed by atoms with Crippen LogP contribution < -0.4 is 10.1 Å². The first-order valence-electron chi connectivity index (χ1n) is 12.7. The topological polar surface area (TPSA) is 77.5 Å². The van der Waals surface area contributed by atoms with Gasteiger partial charge in [-0.3, -0.25) is 9.38 Å². The summed E-state index contributed by atoms with van der Waals surface area (Å²) in [6.45, 7) is 3.91. The molecule has 7 heteroatoms. The molecule has 0 spiro atoms. The van der Waals surface area contributed by atoms with Crippen LogP contribution >= 0.6 is 0 Å². The Morgan fingerprint density at radius 1 is 1.09 bits per heavy atom. The first-order valence-corrected chi connectivity index (χ1v) is 12.7. The smallest absolute Gasteiger partial charge is 0.157 e. The summed E-state index contributed by atoms with van der Waals surface area (Å²) in [6, 6.07) is 6.29. The molecule has 4 bridgehead atoms. The summed E-state index contributed by atoms with van der Waals surface area (Å²) in [5.74, 6) is 5.23. The number of imidazole rings is 1.